The lowest BCUT2D eigenvalue weighted by Gasteiger charge is -2.02. The normalized spacial score (nSPS) is 12.8. The Morgan fingerprint density at radius 1 is 1.32 bits per heavy atom. The van der Waals surface area contributed by atoms with Crippen molar-refractivity contribution in [2.24, 2.45) is 0 Å². The minimum atomic E-state index is -0.249. The molecule has 0 fully saturated rings. The fourth-order valence-corrected chi connectivity index (χ4v) is 2.77. The minimum Gasteiger partial charge on any atom is -0.454 e. The molecular weight excluding hydrogens is 344 g/mol. The van der Waals surface area contributed by atoms with E-state index in [4.69, 9.17) is 21.1 Å². The Bertz CT molecular complexity index is 983. The molecule has 0 atom stereocenters. The van der Waals surface area contributed by atoms with Gasteiger partial charge < -0.3 is 14.8 Å². The lowest BCUT2D eigenvalue weighted by molar-refractivity contribution is -0.116. The first-order valence-electron chi connectivity index (χ1n) is 7.54. The van der Waals surface area contributed by atoms with E-state index in [2.05, 4.69) is 15.5 Å². The predicted octanol–water partition coefficient (Wildman–Crippen LogP) is 2.44. The zero-order valence-corrected chi connectivity index (χ0v) is 13.7. The first-order valence-corrected chi connectivity index (χ1v) is 7.92. The molecule has 4 rings (SSSR count). The number of nitrogens with one attached hydrogen (secondary N) is 1. The summed E-state index contributed by atoms with van der Waals surface area (Å²) >= 11 is 6.12. The Hall–Kier alpha value is -3.06. The van der Waals surface area contributed by atoms with Crippen LogP contribution < -0.4 is 14.8 Å². The van der Waals surface area contributed by atoms with Crippen LogP contribution in [0.2, 0.25) is 5.02 Å². The summed E-state index contributed by atoms with van der Waals surface area (Å²) in [6, 6.07) is 9.09. The van der Waals surface area contributed by atoms with Gasteiger partial charge in [0, 0.05) is 12.3 Å². The summed E-state index contributed by atoms with van der Waals surface area (Å²) in [5.41, 5.74) is 1.48. The standard InChI is InChI=1S/C17H13ClN4O3/c18-12-7-11(8-13-17(12)25-10-24-13)4-5-16(23)19-9-15-21-20-14-3-1-2-6-22(14)15/h1-8H,9-10H2,(H,19,23)/b5-4+. The Morgan fingerprint density at radius 3 is 3.16 bits per heavy atom. The molecule has 25 heavy (non-hydrogen) atoms. The molecule has 1 N–H and O–H groups in total. The van der Waals surface area contributed by atoms with Crippen LogP contribution in [0, 0.1) is 0 Å². The second-order valence-corrected chi connectivity index (χ2v) is 5.74. The molecule has 1 aromatic carbocycles. The van der Waals surface area contributed by atoms with Crippen LogP contribution in [0.15, 0.2) is 42.6 Å². The Morgan fingerprint density at radius 2 is 2.24 bits per heavy atom. The highest BCUT2D eigenvalue weighted by Crippen LogP contribution is 2.40. The molecule has 0 bridgehead atoms. The lowest BCUT2D eigenvalue weighted by Crippen LogP contribution is -2.21. The number of amides is 1. The third-order valence-corrected chi connectivity index (χ3v) is 3.96. The predicted molar refractivity (Wildman–Crippen MR) is 91.4 cm³/mol. The maximum absolute atomic E-state index is 12.0. The number of rotatable bonds is 4. The van der Waals surface area contributed by atoms with E-state index in [0.717, 1.165) is 11.2 Å². The number of fused-ring (bicyclic) bond motifs is 2. The van der Waals surface area contributed by atoms with Gasteiger partial charge in [-0.3, -0.25) is 9.20 Å². The number of carbonyl (C=O) groups is 1. The average molecular weight is 357 g/mol. The Balaban J connectivity index is 1.42. The van der Waals surface area contributed by atoms with Gasteiger partial charge in [0.05, 0.1) is 11.6 Å². The topological polar surface area (TPSA) is 77.8 Å². The summed E-state index contributed by atoms with van der Waals surface area (Å²) in [4.78, 5) is 12.0. The highest BCUT2D eigenvalue weighted by atomic mass is 35.5. The molecule has 0 spiro atoms. The zero-order valence-electron chi connectivity index (χ0n) is 13.0. The van der Waals surface area contributed by atoms with Gasteiger partial charge in [-0.25, -0.2) is 0 Å². The average Bonchev–Trinajstić information content (AvgIpc) is 3.25. The van der Waals surface area contributed by atoms with Crippen molar-refractivity contribution in [2.75, 3.05) is 6.79 Å². The van der Waals surface area contributed by atoms with E-state index in [1.54, 1.807) is 18.2 Å². The molecule has 1 aliphatic heterocycles. The van der Waals surface area contributed by atoms with Crippen molar-refractivity contribution in [1.29, 1.82) is 0 Å². The summed E-state index contributed by atoms with van der Waals surface area (Å²) in [5.74, 6) is 1.51. The van der Waals surface area contributed by atoms with Crippen LogP contribution in [-0.2, 0) is 11.3 Å². The van der Waals surface area contributed by atoms with E-state index in [1.807, 2.05) is 28.8 Å². The number of hydrogen-bond acceptors (Lipinski definition) is 5. The second kappa shape index (κ2) is 6.45. The molecule has 7 nitrogen and oxygen atoms in total. The van der Waals surface area contributed by atoms with Crippen molar-refractivity contribution in [3.63, 3.8) is 0 Å². The first-order chi connectivity index (χ1) is 12.2. The van der Waals surface area contributed by atoms with Gasteiger partial charge in [-0.1, -0.05) is 17.7 Å². The zero-order chi connectivity index (χ0) is 17.2. The number of ether oxygens (including phenoxy) is 2. The Kier molecular flexibility index (Phi) is 3.99. The van der Waals surface area contributed by atoms with E-state index in [9.17, 15) is 4.79 Å². The van der Waals surface area contributed by atoms with Gasteiger partial charge in [0.2, 0.25) is 12.7 Å². The monoisotopic (exact) mass is 356 g/mol. The largest absolute Gasteiger partial charge is 0.454 e. The highest BCUT2D eigenvalue weighted by Gasteiger charge is 2.17. The van der Waals surface area contributed by atoms with Crippen LogP contribution in [0.1, 0.15) is 11.4 Å². The number of nitrogens with zero attached hydrogens (tertiary/aromatic N) is 3. The minimum absolute atomic E-state index is 0.148. The van der Waals surface area contributed by atoms with Gasteiger partial charge >= 0.3 is 0 Å². The van der Waals surface area contributed by atoms with Crippen molar-refractivity contribution in [1.82, 2.24) is 19.9 Å². The third-order valence-electron chi connectivity index (χ3n) is 3.68. The summed E-state index contributed by atoms with van der Waals surface area (Å²) < 4.78 is 12.4. The number of benzene rings is 1. The van der Waals surface area contributed by atoms with Gasteiger partial charge in [0.15, 0.2) is 23.0 Å². The van der Waals surface area contributed by atoms with E-state index in [1.165, 1.54) is 6.08 Å². The molecule has 0 radical (unpaired) electrons. The quantitative estimate of drug-likeness (QED) is 0.726. The van der Waals surface area contributed by atoms with E-state index < -0.39 is 0 Å². The number of aromatic nitrogens is 3. The van der Waals surface area contributed by atoms with E-state index in [-0.39, 0.29) is 19.2 Å². The van der Waals surface area contributed by atoms with Crippen LogP contribution in [0.3, 0.4) is 0 Å². The van der Waals surface area contributed by atoms with E-state index in [0.29, 0.717) is 22.3 Å². The number of carbonyl (C=O) groups excluding carboxylic acids is 1. The molecule has 2 aromatic heterocycles. The fraction of sp³-hybridized carbons (Fsp3) is 0.118. The number of halogens is 1. The molecular formula is C17H13ClN4O3. The maximum Gasteiger partial charge on any atom is 0.244 e. The molecule has 126 valence electrons. The van der Waals surface area contributed by atoms with Crippen molar-refractivity contribution >= 4 is 29.2 Å². The second-order valence-electron chi connectivity index (χ2n) is 5.33. The van der Waals surface area contributed by atoms with Crippen molar-refractivity contribution in [3.05, 3.63) is 59.0 Å². The molecule has 1 aliphatic rings. The van der Waals surface area contributed by atoms with Crippen LogP contribution in [0.5, 0.6) is 11.5 Å². The van der Waals surface area contributed by atoms with Crippen molar-refractivity contribution in [3.8, 4) is 11.5 Å². The van der Waals surface area contributed by atoms with Crippen LogP contribution in [0.25, 0.3) is 11.7 Å². The van der Waals surface area contributed by atoms with Gasteiger partial charge in [0.1, 0.15) is 0 Å². The van der Waals surface area contributed by atoms with Crippen LogP contribution >= 0.6 is 11.6 Å². The number of hydrogen-bond donors (Lipinski definition) is 1. The van der Waals surface area contributed by atoms with Gasteiger partial charge in [0.25, 0.3) is 0 Å². The molecule has 3 heterocycles. The van der Waals surface area contributed by atoms with Gasteiger partial charge in [-0.15, -0.1) is 10.2 Å². The first kappa shape index (κ1) is 15.5. The molecule has 0 saturated carbocycles. The van der Waals surface area contributed by atoms with Crippen molar-refractivity contribution in [2.45, 2.75) is 6.54 Å². The summed E-state index contributed by atoms with van der Waals surface area (Å²) in [6.07, 6.45) is 4.93. The van der Waals surface area contributed by atoms with Gasteiger partial charge in [-0.05, 0) is 35.9 Å². The summed E-state index contributed by atoms with van der Waals surface area (Å²) in [7, 11) is 0. The third kappa shape index (κ3) is 3.14. The molecule has 0 aliphatic carbocycles. The summed E-state index contributed by atoms with van der Waals surface area (Å²) in [6.45, 7) is 0.422. The summed E-state index contributed by atoms with van der Waals surface area (Å²) in [5, 5.41) is 11.3. The van der Waals surface area contributed by atoms with Crippen molar-refractivity contribution < 1.29 is 14.3 Å². The molecule has 0 saturated heterocycles. The molecule has 0 unspecified atom stereocenters. The maximum atomic E-state index is 12.0. The molecule has 8 heteroatoms. The molecule has 1 amide bonds. The number of pyridine rings is 1. The molecule has 3 aromatic rings. The van der Waals surface area contributed by atoms with Gasteiger partial charge in [-0.2, -0.15) is 0 Å². The highest BCUT2D eigenvalue weighted by molar-refractivity contribution is 6.32. The van der Waals surface area contributed by atoms with Crippen LogP contribution in [0.4, 0.5) is 0 Å². The SMILES string of the molecule is O=C(/C=C/c1cc(Cl)c2c(c1)OCO2)NCc1nnc2ccccn12. The lowest BCUT2D eigenvalue weighted by atomic mass is 10.2. The fourth-order valence-electron chi connectivity index (χ4n) is 2.49. The van der Waals surface area contributed by atoms with E-state index >= 15 is 0 Å². The van der Waals surface area contributed by atoms with Crippen LogP contribution in [-0.4, -0.2) is 27.3 Å². The Labute approximate surface area is 147 Å². The smallest absolute Gasteiger partial charge is 0.244 e.